The first-order chi connectivity index (χ1) is 10.1. The van der Waals surface area contributed by atoms with Crippen LogP contribution in [0, 0.1) is 0 Å². The van der Waals surface area contributed by atoms with Crippen molar-refractivity contribution >= 4 is 34.1 Å². The second kappa shape index (κ2) is 7.27. The quantitative estimate of drug-likeness (QED) is 0.625. The van der Waals surface area contributed by atoms with Crippen molar-refractivity contribution in [2.75, 3.05) is 19.0 Å². The van der Waals surface area contributed by atoms with E-state index in [1.165, 1.54) is 0 Å². The monoisotopic (exact) mass is 306 g/mol. The Morgan fingerprint density at radius 3 is 2.86 bits per heavy atom. The molecule has 0 amide bonds. The molecule has 0 aliphatic carbocycles. The van der Waals surface area contributed by atoms with Crippen LogP contribution in [-0.2, 0) is 10.7 Å². The number of alkyl halides is 1. The molecule has 112 valence electrons. The van der Waals surface area contributed by atoms with Crippen LogP contribution in [0.4, 0.5) is 5.82 Å². The first kappa shape index (κ1) is 15.6. The molecule has 0 aliphatic heterocycles. The van der Waals surface area contributed by atoms with Crippen LogP contribution in [0.1, 0.15) is 25.3 Å². The molecule has 1 aromatic carbocycles. The Kier molecular flexibility index (Phi) is 5.39. The van der Waals surface area contributed by atoms with E-state index in [0.717, 1.165) is 34.5 Å². The summed E-state index contributed by atoms with van der Waals surface area (Å²) in [7, 11) is 1.64. The zero-order chi connectivity index (χ0) is 15.2. The lowest BCUT2D eigenvalue weighted by Gasteiger charge is -2.11. The number of carbonyl (C=O) groups excluding carboxylic acids is 1. The molecule has 5 heteroatoms. The van der Waals surface area contributed by atoms with Crippen LogP contribution >= 0.6 is 11.6 Å². The van der Waals surface area contributed by atoms with Crippen LogP contribution in [0.2, 0.25) is 0 Å². The number of hydrogen-bond acceptors (Lipinski definition) is 4. The summed E-state index contributed by atoms with van der Waals surface area (Å²) in [5, 5.41) is 4.26. The molecule has 0 unspecified atom stereocenters. The van der Waals surface area contributed by atoms with Crippen molar-refractivity contribution in [3.05, 3.63) is 29.8 Å². The van der Waals surface area contributed by atoms with Crippen molar-refractivity contribution in [3.8, 4) is 5.75 Å². The molecule has 0 aliphatic rings. The molecule has 1 N–H and O–H groups in total. The van der Waals surface area contributed by atoms with Crippen molar-refractivity contribution in [1.29, 1.82) is 0 Å². The van der Waals surface area contributed by atoms with Gasteiger partial charge in [0.2, 0.25) is 0 Å². The van der Waals surface area contributed by atoms with Gasteiger partial charge in [0.05, 0.1) is 18.5 Å². The largest absolute Gasteiger partial charge is 0.497 e. The molecule has 2 rings (SSSR count). The van der Waals surface area contributed by atoms with Crippen molar-refractivity contribution < 1.29 is 9.53 Å². The summed E-state index contributed by atoms with van der Waals surface area (Å²) >= 11 is 6.00. The summed E-state index contributed by atoms with van der Waals surface area (Å²) in [5.41, 5.74) is 1.83. The number of Topliss-reactive ketones (excluding diaryl/α,β-unsaturated/α-hetero) is 1. The van der Waals surface area contributed by atoms with Gasteiger partial charge in [0, 0.05) is 23.9 Å². The standard InChI is InChI=1S/C16H19ClN2O2/c1-11(20)4-3-7-18-16-13(10-17)8-12-9-14(21-2)5-6-15(12)19-16/h5-6,8-9H,3-4,7,10H2,1-2H3,(H,18,19). The van der Waals surface area contributed by atoms with Gasteiger partial charge >= 0.3 is 0 Å². The molecule has 2 aromatic rings. The first-order valence-electron chi connectivity index (χ1n) is 6.91. The van der Waals surface area contributed by atoms with Gasteiger partial charge in [-0.15, -0.1) is 11.6 Å². The zero-order valence-corrected chi connectivity index (χ0v) is 13.0. The van der Waals surface area contributed by atoms with Crippen LogP contribution in [0.25, 0.3) is 10.9 Å². The van der Waals surface area contributed by atoms with Crippen LogP contribution in [0.5, 0.6) is 5.75 Å². The molecule has 0 atom stereocenters. The van der Waals surface area contributed by atoms with Crippen LogP contribution < -0.4 is 10.1 Å². The normalized spacial score (nSPS) is 10.6. The van der Waals surface area contributed by atoms with E-state index in [4.69, 9.17) is 16.3 Å². The average Bonchev–Trinajstić information content (AvgIpc) is 2.49. The lowest BCUT2D eigenvalue weighted by atomic mass is 10.1. The summed E-state index contributed by atoms with van der Waals surface area (Å²) in [4.78, 5) is 15.5. The number of pyridine rings is 1. The summed E-state index contributed by atoms with van der Waals surface area (Å²) < 4.78 is 5.22. The van der Waals surface area contributed by atoms with Crippen molar-refractivity contribution in [2.45, 2.75) is 25.6 Å². The number of hydrogen-bond donors (Lipinski definition) is 1. The zero-order valence-electron chi connectivity index (χ0n) is 12.3. The second-order valence-electron chi connectivity index (χ2n) is 4.92. The van der Waals surface area contributed by atoms with Gasteiger partial charge in [0.25, 0.3) is 0 Å². The van der Waals surface area contributed by atoms with Crippen molar-refractivity contribution in [1.82, 2.24) is 4.98 Å². The Balaban J connectivity index is 2.20. The lowest BCUT2D eigenvalue weighted by molar-refractivity contribution is -0.117. The predicted octanol–water partition coefficient (Wildman–Crippen LogP) is 3.76. The maximum atomic E-state index is 10.9. The molecule has 0 saturated heterocycles. The van der Waals surface area contributed by atoms with Crippen LogP contribution in [0.15, 0.2) is 24.3 Å². The van der Waals surface area contributed by atoms with E-state index in [-0.39, 0.29) is 5.78 Å². The van der Waals surface area contributed by atoms with E-state index in [1.807, 2.05) is 24.3 Å². The van der Waals surface area contributed by atoms with Gasteiger partial charge in [-0.3, -0.25) is 0 Å². The second-order valence-corrected chi connectivity index (χ2v) is 5.19. The fourth-order valence-electron chi connectivity index (χ4n) is 2.12. The molecule has 1 heterocycles. The van der Waals surface area contributed by atoms with Gasteiger partial charge in [-0.1, -0.05) is 0 Å². The average molecular weight is 307 g/mol. The number of nitrogens with zero attached hydrogens (tertiary/aromatic N) is 1. The number of methoxy groups -OCH3 is 1. The summed E-state index contributed by atoms with van der Waals surface area (Å²) in [6, 6.07) is 7.77. The van der Waals surface area contributed by atoms with Gasteiger partial charge in [0.15, 0.2) is 0 Å². The minimum absolute atomic E-state index is 0.202. The minimum atomic E-state index is 0.202. The predicted molar refractivity (Wildman–Crippen MR) is 86.3 cm³/mol. The molecule has 4 nitrogen and oxygen atoms in total. The number of ketones is 1. The molecule has 0 saturated carbocycles. The maximum Gasteiger partial charge on any atom is 0.131 e. The summed E-state index contributed by atoms with van der Waals surface area (Å²) in [6.45, 7) is 2.31. The number of fused-ring (bicyclic) bond motifs is 1. The molecule has 0 bridgehead atoms. The van der Waals surface area contributed by atoms with Gasteiger partial charge < -0.3 is 14.8 Å². The van der Waals surface area contributed by atoms with Crippen LogP contribution in [-0.4, -0.2) is 24.4 Å². The lowest BCUT2D eigenvalue weighted by Crippen LogP contribution is -2.07. The van der Waals surface area contributed by atoms with E-state index in [9.17, 15) is 4.79 Å². The molecular formula is C16H19ClN2O2. The number of aromatic nitrogens is 1. The molecular weight excluding hydrogens is 288 g/mol. The number of anilines is 1. The molecule has 0 radical (unpaired) electrons. The highest BCUT2D eigenvalue weighted by Crippen LogP contribution is 2.25. The van der Waals surface area contributed by atoms with Crippen molar-refractivity contribution in [3.63, 3.8) is 0 Å². The van der Waals surface area contributed by atoms with Crippen molar-refractivity contribution in [2.24, 2.45) is 0 Å². The van der Waals surface area contributed by atoms with Crippen LogP contribution in [0.3, 0.4) is 0 Å². The third-order valence-corrected chi connectivity index (χ3v) is 3.53. The molecule has 0 spiro atoms. The van der Waals surface area contributed by atoms with E-state index < -0.39 is 0 Å². The highest BCUT2D eigenvalue weighted by atomic mass is 35.5. The molecule has 21 heavy (non-hydrogen) atoms. The Morgan fingerprint density at radius 2 is 2.19 bits per heavy atom. The van der Waals surface area contributed by atoms with E-state index in [1.54, 1.807) is 14.0 Å². The molecule has 1 aromatic heterocycles. The van der Waals surface area contributed by atoms with E-state index >= 15 is 0 Å². The van der Waals surface area contributed by atoms with E-state index in [0.29, 0.717) is 18.8 Å². The Morgan fingerprint density at radius 1 is 1.38 bits per heavy atom. The fraction of sp³-hybridized carbons (Fsp3) is 0.375. The third-order valence-electron chi connectivity index (χ3n) is 3.24. The van der Waals surface area contributed by atoms with Gasteiger partial charge in [-0.25, -0.2) is 4.98 Å². The number of ether oxygens (including phenoxy) is 1. The molecule has 0 fully saturated rings. The Labute approximate surface area is 129 Å². The number of halogens is 1. The van der Waals surface area contributed by atoms with E-state index in [2.05, 4.69) is 10.3 Å². The Hall–Kier alpha value is -1.81. The topological polar surface area (TPSA) is 51.2 Å². The van der Waals surface area contributed by atoms with Gasteiger partial charge in [0.1, 0.15) is 17.4 Å². The Bertz CT molecular complexity index is 643. The minimum Gasteiger partial charge on any atom is -0.497 e. The first-order valence-corrected chi connectivity index (χ1v) is 7.44. The highest BCUT2D eigenvalue weighted by molar-refractivity contribution is 6.17. The number of carbonyl (C=O) groups is 1. The van der Waals surface area contributed by atoms with Gasteiger partial charge in [-0.05, 0) is 37.6 Å². The number of nitrogens with one attached hydrogen (secondary N) is 1. The smallest absolute Gasteiger partial charge is 0.131 e. The van der Waals surface area contributed by atoms with Gasteiger partial charge in [-0.2, -0.15) is 0 Å². The number of rotatable bonds is 7. The summed E-state index contributed by atoms with van der Waals surface area (Å²) in [5.74, 6) is 2.17. The SMILES string of the molecule is COc1ccc2nc(NCCCC(C)=O)c(CCl)cc2c1. The number of benzene rings is 1. The third kappa shape index (κ3) is 4.08. The highest BCUT2D eigenvalue weighted by Gasteiger charge is 2.07. The fourth-order valence-corrected chi connectivity index (χ4v) is 2.33. The summed E-state index contributed by atoms with van der Waals surface area (Å²) in [6.07, 6.45) is 1.37. The maximum absolute atomic E-state index is 10.9.